The molecule has 3 heteroatoms. The average Bonchev–Trinajstić information content (AvgIpc) is 2.43. The maximum absolute atomic E-state index is 12.1. The summed E-state index contributed by atoms with van der Waals surface area (Å²) >= 11 is 0. The van der Waals surface area contributed by atoms with Crippen molar-refractivity contribution >= 4 is 5.91 Å². The Bertz CT molecular complexity index is 468. The van der Waals surface area contributed by atoms with Crippen LogP contribution in [0, 0.1) is 5.92 Å². The van der Waals surface area contributed by atoms with Crippen molar-refractivity contribution < 1.29 is 9.90 Å². The van der Waals surface area contributed by atoms with E-state index in [1.807, 2.05) is 19.1 Å². The Labute approximate surface area is 121 Å². The zero-order chi connectivity index (χ0) is 14.5. The Morgan fingerprint density at radius 3 is 2.65 bits per heavy atom. The quantitative estimate of drug-likeness (QED) is 0.868. The Morgan fingerprint density at radius 1 is 1.25 bits per heavy atom. The number of carbonyl (C=O) groups is 1. The number of aryl methyl sites for hydroxylation is 2. The summed E-state index contributed by atoms with van der Waals surface area (Å²) in [4.78, 5) is 12.1. The van der Waals surface area contributed by atoms with Gasteiger partial charge in [0.1, 0.15) is 0 Å². The summed E-state index contributed by atoms with van der Waals surface area (Å²) in [6.45, 7) is 4.43. The van der Waals surface area contributed by atoms with Gasteiger partial charge in [-0.2, -0.15) is 0 Å². The van der Waals surface area contributed by atoms with Crippen LogP contribution >= 0.6 is 0 Å². The molecule has 2 N–H and O–H groups in total. The molecule has 1 aromatic rings. The molecule has 0 aromatic heterocycles. The molecule has 1 aromatic carbocycles. The molecule has 0 bridgehead atoms. The number of rotatable bonds is 5. The number of hydrogen-bond acceptors (Lipinski definition) is 2. The molecule has 0 saturated carbocycles. The van der Waals surface area contributed by atoms with Crippen molar-refractivity contribution in [1.29, 1.82) is 0 Å². The van der Waals surface area contributed by atoms with Crippen LogP contribution in [0.2, 0.25) is 0 Å². The zero-order valence-electron chi connectivity index (χ0n) is 12.5. The summed E-state index contributed by atoms with van der Waals surface area (Å²) in [7, 11) is 0. The van der Waals surface area contributed by atoms with Crippen molar-refractivity contribution in [2.45, 2.75) is 52.1 Å². The number of carbonyl (C=O) groups excluding carboxylic acids is 1. The van der Waals surface area contributed by atoms with Crippen molar-refractivity contribution in [2.24, 2.45) is 5.92 Å². The maximum atomic E-state index is 12.1. The third-order valence-corrected chi connectivity index (χ3v) is 3.97. The molecule has 0 spiro atoms. The predicted octanol–water partition coefficient (Wildman–Crippen LogP) is 2.70. The lowest BCUT2D eigenvalue weighted by molar-refractivity contribution is 0.0939. The van der Waals surface area contributed by atoms with Crippen LogP contribution in [0.1, 0.15) is 54.6 Å². The first-order valence-electron chi connectivity index (χ1n) is 7.64. The minimum atomic E-state index is -0.314. The van der Waals surface area contributed by atoms with Crippen LogP contribution in [0.4, 0.5) is 0 Å². The third-order valence-electron chi connectivity index (χ3n) is 3.97. The first kappa shape index (κ1) is 15.0. The van der Waals surface area contributed by atoms with Crippen LogP contribution in [-0.4, -0.2) is 23.7 Å². The van der Waals surface area contributed by atoms with E-state index in [1.165, 1.54) is 24.0 Å². The summed E-state index contributed by atoms with van der Waals surface area (Å²) in [6.07, 6.45) is 5.12. The van der Waals surface area contributed by atoms with Crippen LogP contribution < -0.4 is 5.32 Å². The largest absolute Gasteiger partial charge is 0.393 e. The van der Waals surface area contributed by atoms with E-state index in [-0.39, 0.29) is 17.9 Å². The zero-order valence-corrected chi connectivity index (χ0v) is 12.5. The molecule has 0 radical (unpaired) electrons. The lowest BCUT2D eigenvalue weighted by Crippen LogP contribution is -2.29. The van der Waals surface area contributed by atoms with Gasteiger partial charge in [0.2, 0.25) is 0 Å². The number of aliphatic hydroxyl groups is 1. The van der Waals surface area contributed by atoms with Gasteiger partial charge in [-0.25, -0.2) is 0 Å². The highest BCUT2D eigenvalue weighted by Gasteiger charge is 2.13. The second-order valence-corrected chi connectivity index (χ2v) is 6.09. The monoisotopic (exact) mass is 275 g/mol. The highest BCUT2D eigenvalue weighted by Crippen LogP contribution is 2.22. The fraction of sp³-hybridized carbons (Fsp3) is 0.588. The van der Waals surface area contributed by atoms with E-state index in [1.54, 1.807) is 6.92 Å². The fourth-order valence-corrected chi connectivity index (χ4v) is 2.91. The van der Waals surface area contributed by atoms with E-state index in [0.29, 0.717) is 13.0 Å². The molecular formula is C17H25NO2. The molecule has 110 valence electrons. The highest BCUT2D eigenvalue weighted by atomic mass is 16.3. The summed E-state index contributed by atoms with van der Waals surface area (Å²) in [5.74, 6) is 0.285. The van der Waals surface area contributed by atoms with Crippen LogP contribution in [0.5, 0.6) is 0 Å². The topological polar surface area (TPSA) is 49.3 Å². The van der Waals surface area contributed by atoms with Crippen molar-refractivity contribution in [3.05, 3.63) is 34.9 Å². The van der Waals surface area contributed by atoms with E-state index < -0.39 is 0 Å². The number of aliphatic hydroxyl groups excluding tert-OH is 1. The smallest absolute Gasteiger partial charge is 0.251 e. The standard InChI is InChI=1S/C17H25NO2/c1-12(9-13(2)19)11-18-17(20)16-8-7-14-5-3-4-6-15(14)10-16/h7-8,10,12-13,19H,3-6,9,11H2,1-2H3,(H,18,20). The molecule has 0 aliphatic heterocycles. The van der Waals surface area contributed by atoms with Gasteiger partial charge in [-0.15, -0.1) is 0 Å². The van der Waals surface area contributed by atoms with Crippen LogP contribution in [0.3, 0.4) is 0 Å². The van der Waals surface area contributed by atoms with E-state index in [0.717, 1.165) is 18.4 Å². The molecular weight excluding hydrogens is 250 g/mol. The second-order valence-electron chi connectivity index (χ2n) is 6.09. The van der Waals surface area contributed by atoms with E-state index >= 15 is 0 Å². The number of amides is 1. The van der Waals surface area contributed by atoms with Gasteiger partial charge in [0, 0.05) is 12.1 Å². The van der Waals surface area contributed by atoms with Gasteiger partial charge in [-0.1, -0.05) is 13.0 Å². The van der Waals surface area contributed by atoms with Crippen LogP contribution in [0.15, 0.2) is 18.2 Å². The van der Waals surface area contributed by atoms with Crippen molar-refractivity contribution in [3.8, 4) is 0 Å². The first-order valence-corrected chi connectivity index (χ1v) is 7.64. The summed E-state index contributed by atoms with van der Waals surface area (Å²) in [5, 5.41) is 12.3. The molecule has 2 atom stereocenters. The number of hydrogen-bond donors (Lipinski definition) is 2. The Kier molecular flexibility index (Phi) is 5.18. The Morgan fingerprint density at radius 2 is 1.95 bits per heavy atom. The molecule has 20 heavy (non-hydrogen) atoms. The first-order chi connectivity index (χ1) is 9.56. The normalized spacial score (nSPS) is 17.1. The molecule has 1 aliphatic rings. The van der Waals surface area contributed by atoms with Crippen LogP contribution in [-0.2, 0) is 12.8 Å². The van der Waals surface area contributed by atoms with Gasteiger partial charge in [-0.3, -0.25) is 4.79 Å². The number of nitrogens with one attached hydrogen (secondary N) is 1. The molecule has 0 saturated heterocycles. The Balaban J connectivity index is 1.92. The van der Waals surface area contributed by atoms with Crippen molar-refractivity contribution in [1.82, 2.24) is 5.32 Å². The predicted molar refractivity (Wildman–Crippen MR) is 80.9 cm³/mol. The molecule has 0 heterocycles. The minimum Gasteiger partial charge on any atom is -0.393 e. The fourth-order valence-electron chi connectivity index (χ4n) is 2.91. The minimum absolute atomic E-state index is 0.00387. The van der Waals surface area contributed by atoms with Gasteiger partial charge in [0.25, 0.3) is 5.91 Å². The number of benzene rings is 1. The third kappa shape index (κ3) is 4.07. The van der Waals surface area contributed by atoms with Gasteiger partial charge in [0.05, 0.1) is 6.10 Å². The molecule has 1 aliphatic carbocycles. The van der Waals surface area contributed by atoms with Gasteiger partial charge >= 0.3 is 0 Å². The molecule has 0 fully saturated rings. The summed E-state index contributed by atoms with van der Waals surface area (Å²) in [5.41, 5.74) is 3.49. The number of fused-ring (bicyclic) bond motifs is 1. The summed E-state index contributed by atoms with van der Waals surface area (Å²) < 4.78 is 0. The van der Waals surface area contributed by atoms with E-state index in [9.17, 15) is 9.90 Å². The lowest BCUT2D eigenvalue weighted by atomic mass is 9.90. The molecule has 1 amide bonds. The van der Waals surface area contributed by atoms with E-state index in [2.05, 4.69) is 11.4 Å². The van der Waals surface area contributed by atoms with Crippen molar-refractivity contribution in [3.63, 3.8) is 0 Å². The average molecular weight is 275 g/mol. The summed E-state index contributed by atoms with van der Waals surface area (Å²) in [6, 6.07) is 6.07. The molecule has 2 unspecified atom stereocenters. The van der Waals surface area contributed by atoms with E-state index in [4.69, 9.17) is 0 Å². The van der Waals surface area contributed by atoms with Gasteiger partial charge in [0.15, 0.2) is 0 Å². The van der Waals surface area contributed by atoms with Gasteiger partial charge in [-0.05, 0) is 68.2 Å². The Hall–Kier alpha value is -1.35. The lowest BCUT2D eigenvalue weighted by Gasteiger charge is -2.17. The van der Waals surface area contributed by atoms with Crippen LogP contribution in [0.25, 0.3) is 0 Å². The molecule has 3 nitrogen and oxygen atoms in total. The molecule has 2 rings (SSSR count). The maximum Gasteiger partial charge on any atom is 0.251 e. The van der Waals surface area contributed by atoms with Crippen molar-refractivity contribution in [2.75, 3.05) is 6.54 Å². The highest BCUT2D eigenvalue weighted by molar-refractivity contribution is 5.94. The van der Waals surface area contributed by atoms with Gasteiger partial charge < -0.3 is 10.4 Å². The second kappa shape index (κ2) is 6.89. The SMILES string of the molecule is CC(O)CC(C)CNC(=O)c1ccc2c(c1)CCCC2.